The molecule has 120 valence electrons. The summed E-state index contributed by atoms with van der Waals surface area (Å²) in [4.78, 5) is 10.9. The molecule has 2 N–H and O–H groups in total. The molecule has 0 aliphatic carbocycles. The van der Waals surface area contributed by atoms with Gasteiger partial charge in [-0.05, 0) is 31.0 Å². The molecule has 3 rings (SSSR count). The van der Waals surface area contributed by atoms with Gasteiger partial charge in [-0.15, -0.1) is 11.3 Å². The van der Waals surface area contributed by atoms with E-state index in [-0.39, 0.29) is 12.6 Å². The number of rotatable bonds is 5. The summed E-state index contributed by atoms with van der Waals surface area (Å²) in [6, 6.07) is 7.78. The van der Waals surface area contributed by atoms with Crippen LogP contribution in [0.4, 0.5) is 5.82 Å². The number of nitrogens with one attached hydrogen (secondary N) is 1. The Hall–Kier alpha value is -1.69. The Morgan fingerprint density at radius 3 is 2.65 bits per heavy atom. The van der Waals surface area contributed by atoms with Crippen LogP contribution in [0.1, 0.15) is 18.2 Å². The number of hydrogen-bond donors (Lipinski definition) is 2. The van der Waals surface area contributed by atoms with E-state index >= 15 is 0 Å². The van der Waals surface area contributed by atoms with Crippen molar-refractivity contribution in [3.05, 3.63) is 40.5 Å². The molecular formula is C17H18ClN3OS. The Bertz CT molecular complexity index is 813. The second-order valence-corrected chi connectivity index (χ2v) is 7.01. The molecule has 1 aromatic carbocycles. The van der Waals surface area contributed by atoms with Crippen molar-refractivity contribution in [2.45, 2.75) is 26.3 Å². The zero-order valence-electron chi connectivity index (χ0n) is 13.0. The van der Waals surface area contributed by atoms with Crippen LogP contribution in [-0.2, 0) is 0 Å². The number of anilines is 1. The summed E-state index contributed by atoms with van der Waals surface area (Å²) < 4.78 is 0. The first-order valence-corrected chi connectivity index (χ1v) is 8.71. The molecule has 2 aromatic heterocycles. The number of aromatic nitrogens is 2. The van der Waals surface area contributed by atoms with E-state index < -0.39 is 0 Å². The number of nitrogens with zero attached hydrogens (tertiary/aromatic N) is 2. The van der Waals surface area contributed by atoms with Gasteiger partial charge in [0.15, 0.2) is 0 Å². The van der Waals surface area contributed by atoms with E-state index in [0.29, 0.717) is 5.02 Å². The normalized spacial score (nSPS) is 12.5. The predicted molar refractivity (Wildman–Crippen MR) is 97.4 cm³/mol. The van der Waals surface area contributed by atoms with Crippen molar-refractivity contribution in [1.29, 1.82) is 0 Å². The average Bonchev–Trinajstić information content (AvgIpc) is 2.90. The molecule has 0 radical (unpaired) electrons. The van der Waals surface area contributed by atoms with Crippen molar-refractivity contribution in [3.8, 4) is 11.1 Å². The van der Waals surface area contributed by atoms with Gasteiger partial charge < -0.3 is 10.4 Å². The molecule has 1 atom stereocenters. The number of thiophene rings is 1. The summed E-state index contributed by atoms with van der Waals surface area (Å²) in [5.41, 5.74) is 2.21. The third-order valence-electron chi connectivity index (χ3n) is 3.85. The molecule has 0 aliphatic heterocycles. The summed E-state index contributed by atoms with van der Waals surface area (Å²) in [5, 5.41) is 14.5. The molecule has 6 heteroatoms. The molecule has 0 saturated heterocycles. The average molecular weight is 348 g/mol. The van der Waals surface area contributed by atoms with E-state index in [9.17, 15) is 5.11 Å². The van der Waals surface area contributed by atoms with Crippen molar-refractivity contribution in [2.75, 3.05) is 11.9 Å². The summed E-state index contributed by atoms with van der Waals surface area (Å²) >= 11 is 7.65. The number of hydrogen-bond acceptors (Lipinski definition) is 5. The lowest BCUT2D eigenvalue weighted by molar-refractivity contribution is 0.271. The number of aryl methyl sites for hydroxylation is 1. The van der Waals surface area contributed by atoms with Crippen LogP contribution in [0.15, 0.2) is 30.6 Å². The smallest absolute Gasteiger partial charge is 0.139 e. The first-order chi connectivity index (χ1) is 11.1. The maximum atomic E-state index is 9.46. The van der Waals surface area contributed by atoms with Gasteiger partial charge in [-0.25, -0.2) is 9.97 Å². The Balaban J connectivity index is 2.17. The molecule has 0 saturated carbocycles. The summed E-state index contributed by atoms with van der Waals surface area (Å²) in [5.74, 6) is 0.769. The Kier molecular flexibility index (Phi) is 4.80. The Morgan fingerprint density at radius 2 is 2.00 bits per heavy atom. The topological polar surface area (TPSA) is 58.0 Å². The molecule has 0 spiro atoms. The Labute approximate surface area is 144 Å². The van der Waals surface area contributed by atoms with Crippen LogP contribution in [0.3, 0.4) is 0 Å². The van der Waals surface area contributed by atoms with Crippen LogP contribution in [0.5, 0.6) is 0 Å². The van der Waals surface area contributed by atoms with Crippen molar-refractivity contribution in [2.24, 2.45) is 0 Å². The molecule has 1 unspecified atom stereocenters. The van der Waals surface area contributed by atoms with Gasteiger partial charge in [0.05, 0.1) is 18.0 Å². The van der Waals surface area contributed by atoms with E-state index in [1.807, 2.05) is 31.2 Å². The van der Waals surface area contributed by atoms with Crippen LogP contribution < -0.4 is 5.32 Å². The molecule has 0 amide bonds. The maximum Gasteiger partial charge on any atom is 0.139 e. The lowest BCUT2D eigenvalue weighted by Crippen LogP contribution is -2.23. The number of fused-ring (bicyclic) bond motifs is 1. The van der Waals surface area contributed by atoms with E-state index in [2.05, 4.69) is 22.2 Å². The van der Waals surface area contributed by atoms with Gasteiger partial charge in [0.1, 0.15) is 17.0 Å². The van der Waals surface area contributed by atoms with Gasteiger partial charge in [0.2, 0.25) is 0 Å². The number of aliphatic hydroxyl groups excluding tert-OH is 1. The van der Waals surface area contributed by atoms with E-state index in [0.717, 1.165) is 33.6 Å². The highest BCUT2D eigenvalue weighted by Gasteiger charge is 2.18. The quantitative estimate of drug-likeness (QED) is 0.713. The van der Waals surface area contributed by atoms with Gasteiger partial charge >= 0.3 is 0 Å². The fourth-order valence-corrected chi connectivity index (χ4v) is 3.73. The highest BCUT2D eigenvalue weighted by Crippen LogP contribution is 2.40. The van der Waals surface area contributed by atoms with Crippen LogP contribution in [0.2, 0.25) is 5.02 Å². The Morgan fingerprint density at radius 1 is 1.26 bits per heavy atom. The van der Waals surface area contributed by atoms with Crippen molar-refractivity contribution < 1.29 is 5.11 Å². The van der Waals surface area contributed by atoms with Crippen molar-refractivity contribution >= 4 is 39.0 Å². The van der Waals surface area contributed by atoms with E-state index in [1.165, 1.54) is 4.88 Å². The van der Waals surface area contributed by atoms with E-state index in [1.54, 1.807) is 17.7 Å². The standard InChI is InChI=1S/C17H18ClN3OS/c1-3-13(8-22)21-16-15-14(11-4-6-12(18)7-5-11)10(2)23-17(15)20-9-19-16/h4-7,9,13,22H,3,8H2,1-2H3,(H,19,20,21). The lowest BCUT2D eigenvalue weighted by atomic mass is 10.0. The molecule has 4 nitrogen and oxygen atoms in total. The van der Waals surface area contributed by atoms with Crippen molar-refractivity contribution in [1.82, 2.24) is 9.97 Å². The number of aliphatic hydroxyl groups is 1. The van der Waals surface area contributed by atoms with Gasteiger partial charge in [0.25, 0.3) is 0 Å². The molecule has 2 heterocycles. The minimum atomic E-state index is -0.0219. The van der Waals surface area contributed by atoms with Crippen molar-refractivity contribution in [3.63, 3.8) is 0 Å². The van der Waals surface area contributed by atoms with E-state index in [4.69, 9.17) is 11.6 Å². The molecule has 0 fully saturated rings. The molecular weight excluding hydrogens is 330 g/mol. The molecule has 3 aromatic rings. The first kappa shape index (κ1) is 16.2. The third kappa shape index (κ3) is 3.17. The van der Waals surface area contributed by atoms with Gasteiger partial charge in [-0.1, -0.05) is 30.7 Å². The highest BCUT2D eigenvalue weighted by atomic mass is 35.5. The third-order valence-corrected chi connectivity index (χ3v) is 5.12. The summed E-state index contributed by atoms with van der Waals surface area (Å²) in [7, 11) is 0. The SMILES string of the molecule is CCC(CO)Nc1ncnc2sc(C)c(-c3ccc(Cl)cc3)c12. The maximum absolute atomic E-state index is 9.46. The minimum absolute atomic E-state index is 0.0219. The largest absolute Gasteiger partial charge is 0.394 e. The number of benzene rings is 1. The predicted octanol–water partition coefficient (Wildman–Crippen LogP) is 4.50. The van der Waals surface area contributed by atoms with Gasteiger partial charge in [-0.3, -0.25) is 0 Å². The first-order valence-electron chi connectivity index (χ1n) is 7.51. The lowest BCUT2D eigenvalue weighted by Gasteiger charge is -2.16. The van der Waals surface area contributed by atoms with Crippen LogP contribution in [-0.4, -0.2) is 27.7 Å². The molecule has 23 heavy (non-hydrogen) atoms. The van der Waals surface area contributed by atoms with Gasteiger partial charge in [0, 0.05) is 15.5 Å². The zero-order chi connectivity index (χ0) is 16.4. The fourth-order valence-electron chi connectivity index (χ4n) is 2.59. The van der Waals surface area contributed by atoms with Crippen LogP contribution >= 0.6 is 22.9 Å². The number of halogens is 1. The molecule has 0 bridgehead atoms. The van der Waals surface area contributed by atoms with Gasteiger partial charge in [-0.2, -0.15) is 0 Å². The van der Waals surface area contributed by atoms with Crippen LogP contribution in [0.25, 0.3) is 21.3 Å². The fraction of sp³-hybridized carbons (Fsp3) is 0.294. The molecule has 0 aliphatic rings. The monoisotopic (exact) mass is 347 g/mol. The second kappa shape index (κ2) is 6.83. The summed E-state index contributed by atoms with van der Waals surface area (Å²) in [6.45, 7) is 4.19. The van der Waals surface area contributed by atoms with Crippen LogP contribution in [0, 0.1) is 6.92 Å². The second-order valence-electron chi connectivity index (χ2n) is 5.37. The minimum Gasteiger partial charge on any atom is -0.394 e. The highest BCUT2D eigenvalue weighted by molar-refractivity contribution is 7.19. The summed E-state index contributed by atoms with van der Waals surface area (Å²) in [6.07, 6.45) is 2.39. The zero-order valence-corrected chi connectivity index (χ0v) is 14.6.